The third-order valence-corrected chi connectivity index (χ3v) is 2.86. The summed E-state index contributed by atoms with van der Waals surface area (Å²) in [7, 11) is 0. The molecule has 2 N–H and O–H groups in total. The number of nitrogens with one attached hydrogen (secondary N) is 2. The minimum absolute atomic E-state index is 0.631. The monoisotopic (exact) mass is 237 g/mol. The van der Waals surface area contributed by atoms with E-state index in [1.54, 1.807) is 6.07 Å². The summed E-state index contributed by atoms with van der Waals surface area (Å²) in [6.45, 7) is 2.83. The zero-order valence-corrected chi connectivity index (χ0v) is 9.86. The quantitative estimate of drug-likeness (QED) is 0.717. The van der Waals surface area contributed by atoms with Gasteiger partial charge in [0.25, 0.3) is 0 Å². The second kappa shape index (κ2) is 4.00. The Bertz CT molecular complexity index is 766. The molecule has 1 aromatic carbocycles. The van der Waals surface area contributed by atoms with E-state index in [-0.39, 0.29) is 0 Å². The molecular weight excluding hydrogens is 226 g/mol. The molecule has 0 fully saturated rings. The predicted octanol–water partition coefficient (Wildman–Crippen LogP) is 2.41. The van der Waals surface area contributed by atoms with Gasteiger partial charge in [-0.15, -0.1) is 0 Å². The highest BCUT2D eigenvalue weighted by Gasteiger charge is 2.10. The topological polar surface area (TPSA) is 77.4 Å². The van der Waals surface area contributed by atoms with Crippen LogP contribution in [-0.4, -0.2) is 21.5 Å². The molecule has 0 unspecified atom stereocenters. The van der Waals surface area contributed by atoms with Gasteiger partial charge in [-0.2, -0.15) is 5.26 Å². The maximum atomic E-state index is 8.91. The summed E-state index contributed by atoms with van der Waals surface area (Å²) in [6, 6.07) is 7.69. The van der Waals surface area contributed by atoms with Crippen molar-refractivity contribution in [3.05, 3.63) is 30.1 Å². The fourth-order valence-electron chi connectivity index (χ4n) is 2.10. The molecule has 0 bridgehead atoms. The van der Waals surface area contributed by atoms with Gasteiger partial charge in [-0.25, -0.2) is 9.97 Å². The zero-order chi connectivity index (χ0) is 12.5. The molecule has 5 nitrogen and oxygen atoms in total. The Kier molecular flexibility index (Phi) is 2.34. The van der Waals surface area contributed by atoms with Gasteiger partial charge in [0, 0.05) is 17.4 Å². The Morgan fingerprint density at radius 2 is 2.28 bits per heavy atom. The van der Waals surface area contributed by atoms with Gasteiger partial charge in [0.2, 0.25) is 0 Å². The molecule has 88 valence electrons. The maximum Gasteiger partial charge on any atom is 0.143 e. The molecule has 0 amide bonds. The van der Waals surface area contributed by atoms with Crippen molar-refractivity contribution in [1.82, 2.24) is 15.0 Å². The van der Waals surface area contributed by atoms with E-state index < -0.39 is 0 Å². The van der Waals surface area contributed by atoms with Gasteiger partial charge in [0.15, 0.2) is 0 Å². The number of H-pyrrole nitrogens is 1. The highest BCUT2D eigenvalue weighted by atomic mass is 15.0. The lowest BCUT2D eigenvalue weighted by atomic mass is 10.1. The Morgan fingerprint density at radius 3 is 3.06 bits per heavy atom. The van der Waals surface area contributed by atoms with E-state index in [9.17, 15) is 0 Å². The van der Waals surface area contributed by atoms with Gasteiger partial charge < -0.3 is 10.3 Å². The zero-order valence-electron chi connectivity index (χ0n) is 9.86. The Morgan fingerprint density at radius 1 is 1.39 bits per heavy atom. The summed E-state index contributed by atoms with van der Waals surface area (Å²) >= 11 is 0. The molecule has 0 aliphatic carbocycles. The highest BCUT2D eigenvalue weighted by Crippen LogP contribution is 2.29. The summed E-state index contributed by atoms with van der Waals surface area (Å²) in [4.78, 5) is 11.7. The molecule has 0 aliphatic heterocycles. The van der Waals surface area contributed by atoms with Crippen LogP contribution in [-0.2, 0) is 0 Å². The van der Waals surface area contributed by atoms with Crippen molar-refractivity contribution < 1.29 is 0 Å². The van der Waals surface area contributed by atoms with Crippen molar-refractivity contribution in [2.45, 2.75) is 6.92 Å². The van der Waals surface area contributed by atoms with Crippen LogP contribution in [0.1, 0.15) is 12.5 Å². The van der Waals surface area contributed by atoms with Crippen LogP contribution in [0.3, 0.4) is 0 Å². The van der Waals surface area contributed by atoms with Crippen LogP contribution < -0.4 is 5.32 Å². The van der Waals surface area contributed by atoms with Crippen molar-refractivity contribution in [3.8, 4) is 6.07 Å². The number of nitriles is 1. The third kappa shape index (κ3) is 1.47. The predicted molar refractivity (Wildman–Crippen MR) is 70.3 cm³/mol. The normalized spacial score (nSPS) is 10.7. The molecule has 0 atom stereocenters. The fraction of sp³-hybridized carbons (Fsp3) is 0.154. The number of fused-ring (bicyclic) bond motifs is 3. The van der Waals surface area contributed by atoms with E-state index in [0.717, 1.165) is 34.3 Å². The number of aromatic amines is 1. The van der Waals surface area contributed by atoms with Crippen molar-refractivity contribution in [1.29, 1.82) is 5.26 Å². The minimum atomic E-state index is 0.631. The molecule has 18 heavy (non-hydrogen) atoms. The Balaban J connectivity index is 2.38. The summed E-state index contributed by atoms with van der Waals surface area (Å²) in [5, 5.41) is 14.1. The molecule has 0 aliphatic rings. The van der Waals surface area contributed by atoms with Gasteiger partial charge in [0.1, 0.15) is 17.8 Å². The van der Waals surface area contributed by atoms with E-state index in [1.165, 1.54) is 6.33 Å². The van der Waals surface area contributed by atoms with Crippen molar-refractivity contribution in [3.63, 3.8) is 0 Å². The first-order chi connectivity index (χ1) is 8.83. The SMILES string of the molecule is CCNc1ncnc2[nH]c3cc(C#N)ccc3c12. The molecule has 0 radical (unpaired) electrons. The van der Waals surface area contributed by atoms with E-state index in [2.05, 4.69) is 26.3 Å². The lowest BCUT2D eigenvalue weighted by Gasteiger charge is -2.02. The van der Waals surface area contributed by atoms with E-state index in [0.29, 0.717) is 5.56 Å². The smallest absolute Gasteiger partial charge is 0.143 e. The highest BCUT2D eigenvalue weighted by molar-refractivity contribution is 6.11. The average molecular weight is 237 g/mol. The minimum Gasteiger partial charge on any atom is -0.370 e. The molecule has 0 saturated carbocycles. The summed E-state index contributed by atoms with van der Waals surface area (Å²) in [6.07, 6.45) is 1.53. The van der Waals surface area contributed by atoms with Crippen LogP contribution in [0.4, 0.5) is 5.82 Å². The molecule has 5 heteroatoms. The van der Waals surface area contributed by atoms with Crippen LogP contribution in [0.15, 0.2) is 24.5 Å². The average Bonchev–Trinajstić information content (AvgIpc) is 2.77. The van der Waals surface area contributed by atoms with Crippen LogP contribution in [0.2, 0.25) is 0 Å². The first-order valence-electron chi connectivity index (χ1n) is 5.74. The Labute approximate surface area is 103 Å². The molecular formula is C13H11N5. The van der Waals surface area contributed by atoms with Crippen molar-refractivity contribution in [2.75, 3.05) is 11.9 Å². The van der Waals surface area contributed by atoms with Crippen LogP contribution in [0.5, 0.6) is 0 Å². The molecule has 3 rings (SSSR count). The second-order valence-corrected chi connectivity index (χ2v) is 3.97. The maximum absolute atomic E-state index is 8.91. The largest absolute Gasteiger partial charge is 0.370 e. The second-order valence-electron chi connectivity index (χ2n) is 3.97. The molecule has 2 aromatic heterocycles. The fourth-order valence-corrected chi connectivity index (χ4v) is 2.10. The van der Waals surface area contributed by atoms with Gasteiger partial charge in [-0.05, 0) is 19.1 Å². The number of anilines is 1. The summed E-state index contributed by atoms with van der Waals surface area (Å²) < 4.78 is 0. The van der Waals surface area contributed by atoms with Crippen LogP contribution >= 0.6 is 0 Å². The van der Waals surface area contributed by atoms with E-state index >= 15 is 0 Å². The summed E-state index contributed by atoms with van der Waals surface area (Å²) in [5.41, 5.74) is 2.32. The van der Waals surface area contributed by atoms with E-state index in [4.69, 9.17) is 5.26 Å². The first-order valence-corrected chi connectivity index (χ1v) is 5.74. The third-order valence-electron chi connectivity index (χ3n) is 2.86. The first kappa shape index (κ1) is 10.5. The van der Waals surface area contributed by atoms with E-state index in [1.807, 2.05) is 19.1 Å². The number of aromatic nitrogens is 3. The number of nitrogens with zero attached hydrogens (tertiary/aromatic N) is 3. The van der Waals surface area contributed by atoms with Gasteiger partial charge in [0.05, 0.1) is 17.0 Å². The van der Waals surface area contributed by atoms with Gasteiger partial charge in [-0.1, -0.05) is 6.07 Å². The standard InChI is InChI=1S/C13H11N5/c1-2-15-12-11-9-4-3-8(6-14)5-10(9)18-13(11)17-7-16-12/h3-5,7H,2H2,1H3,(H2,15,16,17,18). The van der Waals surface area contributed by atoms with Crippen molar-refractivity contribution >= 4 is 27.8 Å². The number of hydrogen-bond donors (Lipinski definition) is 2. The Hall–Kier alpha value is -2.61. The number of benzene rings is 1. The molecule has 3 aromatic rings. The lowest BCUT2D eigenvalue weighted by Crippen LogP contribution is -1.99. The number of rotatable bonds is 2. The lowest BCUT2D eigenvalue weighted by molar-refractivity contribution is 1.14. The molecule has 0 saturated heterocycles. The van der Waals surface area contributed by atoms with Gasteiger partial charge in [-0.3, -0.25) is 0 Å². The van der Waals surface area contributed by atoms with Crippen LogP contribution in [0, 0.1) is 11.3 Å². The molecule has 2 heterocycles. The molecule has 0 spiro atoms. The van der Waals surface area contributed by atoms with Crippen molar-refractivity contribution in [2.24, 2.45) is 0 Å². The summed E-state index contributed by atoms with van der Waals surface area (Å²) in [5.74, 6) is 0.818. The number of hydrogen-bond acceptors (Lipinski definition) is 4. The van der Waals surface area contributed by atoms with Gasteiger partial charge >= 0.3 is 0 Å². The van der Waals surface area contributed by atoms with Crippen LogP contribution in [0.25, 0.3) is 21.9 Å².